The van der Waals surface area contributed by atoms with Crippen LogP contribution in [0.5, 0.6) is 0 Å². The van der Waals surface area contributed by atoms with E-state index < -0.39 is 0 Å². The molecular formula is C16H27N5. The molecule has 0 aliphatic rings. The minimum Gasteiger partial charge on any atom is -0.399 e. The number of hydrogen-bond donors (Lipinski definition) is 3. The van der Waals surface area contributed by atoms with Gasteiger partial charge in [0.2, 0.25) is 5.95 Å². The van der Waals surface area contributed by atoms with Crippen molar-refractivity contribution in [1.82, 2.24) is 14.9 Å². The van der Waals surface area contributed by atoms with E-state index in [4.69, 9.17) is 5.73 Å². The number of benzene rings is 1. The smallest absolute Gasteiger partial charge is 0.201 e. The van der Waals surface area contributed by atoms with Crippen LogP contribution in [-0.2, 0) is 0 Å². The molecule has 116 valence electrons. The Bertz CT molecular complexity index is 559. The number of nitrogens with zero attached hydrogens (tertiary/aromatic N) is 2. The average molecular weight is 289 g/mol. The number of anilines is 2. The van der Waals surface area contributed by atoms with Crippen molar-refractivity contribution in [3.63, 3.8) is 0 Å². The van der Waals surface area contributed by atoms with Crippen molar-refractivity contribution in [2.45, 2.75) is 39.7 Å². The van der Waals surface area contributed by atoms with Crippen molar-refractivity contribution in [3.05, 3.63) is 18.2 Å². The fraction of sp³-hybridized carbons (Fsp3) is 0.562. The summed E-state index contributed by atoms with van der Waals surface area (Å²) in [7, 11) is 0. The number of imidazole rings is 1. The largest absolute Gasteiger partial charge is 0.399 e. The number of rotatable bonds is 8. The Morgan fingerprint density at radius 3 is 2.81 bits per heavy atom. The van der Waals surface area contributed by atoms with Gasteiger partial charge in [-0.3, -0.25) is 0 Å². The van der Waals surface area contributed by atoms with Crippen molar-refractivity contribution < 1.29 is 0 Å². The van der Waals surface area contributed by atoms with Crippen LogP contribution in [0.2, 0.25) is 0 Å². The Labute approximate surface area is 126 Å². The molecule has 0 saturated heterocycles. The second-order valence-electron chi connectivity index (χ2n) is 5.58. The molecule has 0 radical (unpaired) electrons. The average Bonchev–Trinajstić information content (AvgIpc) is 2.84. The third-order valence-corrected chi connectivity index (χ3v) is 3.89. The summed E-state index contributed by atoms with van der Waals surface area (Å²) in [5.41, 5.74) is 8.46. The molecule has 1 heterocycles. The zero-order valence-corrected chi connectivity index (χ0v) is 13.3. The summed E-state index contributed by atoms with van der Waals surface area (Å²) in [5.74, 6) is 0.825. The molecule has 21 heavy (non-hydrogen) atoms. The predicted octanol–water partition coefficient (Wildman–Crippen LogP) is 3.07. The van der Waals surface area contributed by atoms with Crippen LogP contribution >= 0.6 is 0 Å². The summed E-state index contributed by atoms with van der Waals surface area (Å²) in [6.45, 7) is 10.0. The van der Waals surface area contributed by atoms with E-state index in [-0.39, 0.29) is 0 Å². The maximum atomic E-state index is 5.78. The van der Waals surface area contributed by atoms with Gasteiger partial charge in [0.05, 0.1) is 11.0 Å². The van der Waals surface area contributed by atoms with Crippen LogP contribution in [0.15, 0.2) is 18.2 Å². The van der Waals surface area contributed by atoms with Crippen LogP contribution < -0.4 is 11.1 Å². The Morgan fingerprint density at radius 2 is 2.10 bits per heavy atom. The Morgan fingerprint density at radius 1 is 1.33 bits per heavy atom. The van der Waals surface area contributed by atoms with Crippen molar-refractivity contribution >= 4 is 22.7 Å². The van der Waals surface area contributed by atoms with Crippen LogP contribution in [0.25, 0.3) is 11.0 Å². The second kappa shape index (κ2) is 7.31. The lowest BCUT2D eigenvalue weighted by atomic mass is 10.2. The van der Waals surface area contributed by atoms with Crippen molar-refractivity contribution in [2.75, 3.05) is 30.7 Å². The van der Waals surface area contributed by atoms with Crippen LogP contribution in [-0.4, -0.2) is 40.5 Å². The zero-order valence-electron chi connectivity index (χ0n) is 13.3. The van der Waals surface area contributed by atoms with Gasteiger partial charge in [-0.1, -0.05) is 13.8 Å². The van der Waals surface area contributed by atoms with Gasteiger partial charge < -0.3 is 20.9 Å². The first kappa shape index (κ1) is 15.6. The second-order valence-corrected chi connectivity index (χ2v) is 5.58. The number of nitrogens with two attached hydrogens (primary N) is 1. The van der Waals surface area contributed by atoms with E-state index in [1.165, 1.54) is 6.42 Å². The molecule has 1 atom stereocenters. The molecule has 0 fully saturated rings. The lowest BCUT2D eigenvalue weighted by Gasteiger charge is -2.19. The van der Waals surface area contributed by atoms with Gasteiger partial charge in [0, 0.05) is 11.7 Å². The molecule has 2 rings (SSSR count). The van der Waals surface area contributed by atoms with Gasteiger partial charge in [-0.2, -0.15) is 0 Å². The molecule has 5 nitrogen and oxygen atoms in total. The summed E-state index contributed by atoms with van der Waals surface area (Å²) >= 11 is 0. The minimum absolute atomic E-state index is 0.401. The number of aromatic amines is 1. The van der Waals surface area contributed by atoms with Gasteiger partial charge in [-0.25, -0.2) is 4.98 Å². The number of nitrogens with one attached hydrogen (secondary N) is 2. The van der Waals surface area contributed by atoms with E-state index in [2.05, 4.69) is 41.0 Å². The molecule has 1 aromatic heterocycles. The highest BCUT2D eigenvalue weighted by atomic mass is 15.1. The molecule has 4 N–H and O–H groups in total. The molecule has 1 unspecified atom stereocenters. The summed E-state index contributed by atoms with van der Waals surface area (Å²) in [4.78, 5) is 10.3. The first-order chi connectivity index (χ1) is 10.1. The molecule has 5 heteroatoms. The van der Waals surface area contributed by atoms with Gasteiger partial charge in [-0.15, -0.1) is 0 Å². The molecule has 0 aliphatic heterocycles. The van der Waals surface area contributed by atoms with Crippen molar-refractivity contribution in [2.24, 2.45) is 0 Å². The molecule has 0 bridgehead atoms. The van der Waals surface area contributed by atoms with Crippen LogP contribution in [0, 0.1) is 0 Å². The molecule has 0 spiro atoms. The van der Waals surface area contributed by atoms with Crippen molar-refractivity contribution in [1.29, 1.82) is 0 Å². The Balaban J connectivity index is 1.85. The van der Waals surface area contributed by atoms with Gasteiger partial charge in [0.25, 0.3) is 0 Å². The third-order valence-electron chi connectivity index (χ3n) is 3.89. The summed E-state index contributed by atoms with van der Waals surface area (Å²) in [5, 5.41) is 3.43. The Hall–Kier alpha value is -1.75. The first-order valence-corrected chi connectivity index (χ1v) is 7.86. The summed E-state index contributed by atoms with van der Waals surface area (Å²) < 4.78 is 0. The fourth-order valence-electron chi connectivity index (χ4n) is 2.56. The summed E-state index contributed by atoms with van der Waals surface area (Å²) in [6.07, 6.45) is 2.33. The van der Waals surface area contributed by atoms with E-state index in [9.17, 15) is 0 Å². The van der Waals surface area contributed by atoms with E-state index in [1.54, 1.807) is 0 Å². The number of H-pyrrole nitrogens is 1. The van der Waals surface area contributed by atoms with Gasteiger partial charge in [-0.05, 0) is 57.6 Å². The number of hydrogen-bond acceptors (Lipinski definition) is 4. The monoisotopic (exact) mass is 289 g/mol. The SMILES string of the molecule is CCN(CC)CCCC(C)Nc1nc2ccc(N)cc2[nH]1. The minimum atomic E-state index is 0.401. The van der Waals surface area contributed by atoms with E-state index in [0.29, 0.717) is 6.04 Å². The molecule has 0 aliphatic carbocycles. The van der Waals surface area contributed by atoms with E-state index >= 15 is 0 Å². The van der Waals surface area contributed by atoms with Crippen LogP contribution in [0.1, 0.15) is 33.6 Å². The maximum absolute atomic E-state index is 5.78. The Kier molecular flexibility index (Phi) is 5.44. The van der Waals surface area contributed by atoms with Gasteiger partial charge in [0.1, 0.15) is 0 Å². The van der Waals surface area contributed by atoms with Crippen molar-refractivity contribution in [3.8, 4) is 0 Å². The highest BCUT2D eigenvalue weighted by Crippen LogP contribution is 2.18. The number of nitrogen functional groups attached to an aromatic ring is 1. The van der Waals surface area contributed by atoms with Gasteiger partial charge in [0.15, 0.2) is 0 Å². The fourth-order valence-corrected chi connectivity index (χ4v) is 2.56. The summed E-state index contributed by atoms with van der Waals surface area (Å²) in [6, 6.07) is 6.13. The zero-order chi connectivity index (χ0) is 15.2. The predicted molar refractivity (Wildman–Crippen MR) is 90.6 cm³/mol. The molecule has 0 saturated carbocycles. The van der Waals surface area contributed by atoms with E-state index in [1.807, 2.05) is 18.2 Å². The lowest BCUT2D eigenvalue weighted by molar-refractivity contribution is 0.295. The maximum Gasteiger partial charge on any atom is 0.201 e. The molecule has 1 aromatic carbocycles. The molecule has 2 aromatic rings. The van der Waals surface area contributed by atoms with Crippen LogP contribution in [0.4, 0.5) is 11.6 Å². The third kappa shape index (κ3) is 4.36. The van der Waals surface area contributed by atoms with Crippen LogP contribution in [0.3, 0.4) is 0 Å². The lowest BCUT2D eigenvalue weighted by Crippen LogP contribution is -2.25. The normalized spacial score (nSPS) is 13.0. The first-order valence-electron chi connectivity index (χ1n) is 7.86. The topological polar surface area (TPSA) is 70.0 Å². The van der Waals surface area contributed by atoms with E-state index in [0.717, 1.165) is 48.7 Å². The van der Waals surface area contributed by atoms with Gasteiger partial charge >= 0.3 is 0 Å². The quantitative estimate of drug-likeness (QED) is 0.653. The number of fused-ring (bicyclic) bond motifs is 1. The molecular weight excluding hydrogens is 262 g/mol. The highest BCUT2D eigenvalue weighted by Gasteiger charge is 2.07. The molecule has 0 amide bonds. The standard InChI is InChI=1S/C16H27N5/c1-4-21(5-2)10-6-7-12(3)18-16-19-14-9-8-13(17)11-15(14)20-16/h8-9,11-12H,4-7,10,17H2,1-3H3,(H2,18,19,20). The highest BCUT2D eigenvalue weighted by molar-refractivity contribution is 5.80. The number of aromatic nitrogens is 2.